The van der Waals surface area contributed by atoms with Crippen molar-refractivity contribution in [3.05, 3.63) is 58.7 Å². The first-order valence-electron chi connectivity index (χ1n) is 9.28. The number of benzene rings is 2. The maximum atomic E-state index is 13.1. The van der Waals surface area contributed by atoms with Crippen LogP contribution in [-0.4, -0.2) is 46.3 Å². The second kappa shape index (κ2) is 8.11. The number of methoxy groups -OCH3 is 2. The summed E-state index contributed by atoms with van der Waals surface area (Å²) < 4.78 is 10.2. The zero-order valence-corrected chi connectivity index (χ0v) is 16.5. The third-order valence-corrected chi connectivity index (χ3v) is 5.15. The highest BCUT2D eigenvalue weighted by Crippen LogP contribution is 2.43. The number of hydrogen-bond acceptors (Lipinski definition) is 5. The van der Waals surface area contributed by atoms with Gasteiger partial charge in [0.2, 0.25) is 0 Å². The highest BCUT2D eigenvalue weighted by molar-refractivity contribution is 6.13. The van der Waals surface area contributed by atoms with Crippen LogP contribution in [-0.2, 0) is 14.9 Å². The molecular weight excluding hydrogens is 340 g/mol. The SMILES string of the molecule is COCCNc1ccc2c(c1)C(C)(C)c1cc(NCCOC)ccc1C2=O. The van der Waals surface area contributed by atoms with Gasteiger partial charge in [-0.3, -0.25) is 4.79 Å². The Morgan fingerprint density at radius 2 is 1.26 bits per heavy atom. The van der Waals surface area contributed by atoms with Crippen molar-refractivity contribution in [2.45, 2.75) is 19.3 Å². The van der Waals surface area contributed by atoms with Gasteiger partial charge in [0.05, 0.1) is 13.2 Å². The zero-order chi connectivity index (χ0) is 19.4. The summed E-state index contributed by atoms with van der Waals surface area (Å²) >= 11 is 0. The molecule has 2 aromatic carbocycles. The molecule has 2 N–H and O–H groups in total. The number of rotatable bonds is 8. The molecule has 0 aliphatic heterocycles. The Kier molecular flexibility index (Phi) is 5.82. The quantitative estimate of drug-likeness (QED) is 0.696. The second-order valence-corrected chi connectivity index (χ2v) is 7.31. The van der Waals surface area contributed by atoms with Crippen LogP contribution >= 0.6 is 0 Å². The first kappa shape index (κ1) is 19.4. The molecule has 3 rings (SSSR count). The summed E-state index contributed by atoms with van der Waals surface area (Å²) in [4.78, 5) is 13.1. The molecule has 0 fully saturated rings. The van der Waals surface area contributed by atoms with E-state index in [0.29, 0.717) is 13.2 Å². The highest BCUT2D eigenvalue weighted by Gasteiger charge is 2.37. The lowest BCUT2D eigenvalue weighted by molar-refractivity contribution is 0.103. The fraction of sp³-hybridized carbons (Fsp3) is 0.409. The summed E-state index contributed by atoms with van der Waals surface area (Å²) in [6.45, 7) is 7.09. The van der Waals surface area contributed by atoms with E-state index in [4.69, 9.17) is 9.47 Å². The molecule has 0 spiro atoms. The van der Waals surface area contributed by atoms with E-state index in [1.807, 2.05) is 24.3 Å². The first-order chi connectivity index (χ1) is 13.0. The number of ether oxygens (including phenoxy) is 2. The van der Waals surface area contributed by atoms with Crippen LogP contribution in [0.1, 0.15) is 40.9 Å². The number of carbonyl (C=O) groups is 1. The monoisotopic (exact) mass is 368 g/mol. The number of anilines is 2. The van der Waals surface area contributed by atoms with Crippen molar-refractivity contribution in [1.29, 1.82) is 0 Å². The minimum absolute atomic E-state index is 0.0891. The van der Waals surface area contributed by atoms with Crippen LogP contribution in [0.5, 0.6) is 0 Å². The predicted octanol–water partition coefficient (Wildman–Crippen LogP) is 3.67. The van der Waals surface area contributed by atoms with Crippen molar-refractivity contribution in [3.63, 3.8) is 0 Å². The Morgan fingerprint density at radius 3 is 1.67 bits per heavy atom. The number of carbonyl (C=O) groups excluding carboxylic acids is 1. The molecule has 0 amide bonds. The summed E-state index contributed by atoms with van der Waals surface area (Å²) in [7, 11) is 3.37. The summed E-state index contributed by atoms with van der Waals surface area (Å²) in [5, 5.41) is 6.71. The molecule has 5 heteroatoms. The number of nitrogens with one attached hydrogen (secondary N) is 2. The minimum Gasteiger partial charge on any atom is -0.383 e. The normalized spacial score (nSPS) is 14.4. The molecule has 27 heavy (non-hydrogen) atoms. The fourth-order valence-electron chi connectivity index (χ4n) is 3.62. The molecule has 2 aromatic rings. The van der Waals surface area contributed by atoms with Crippen LogP contribution in [0, 0.1) is 0 Å². The molecule has 1 aliphatic carbocycles. The fourth-order valence-corrected chi connectivity index (χ4v) is 3.62. The highest BCUT2D eigenvalue weighted by atomic mass is 16.5. The summed E-state index contributed by atoms with van der Waals surface area (Å²) in [5.74, 6) is 0.0891. The molecule has 0 aromatic heterocycles. The smallest absolute Gasteiger partial charge is 0.193 e. The molecule has 0 saturated heterocycles. The number of ketones is 1. The molecule has 144 valence electrons. The van der Waals surface area contributed by atoms with Gasteiger partial charge in [0, 0.05) is 55.2 Å². The van der Waals surface area contributed by atoms with Crippen LogP contribution in [0.15, 0.2) is 36.4 Å². The van der Waals surface area contributed by atoms with Gasteiger partial charge in [-0.15, -0.1) is 0 Å². The van der Waals surface area contributed by atoms with Gasteiger partial charge in [-0.05, 0) is 47.5 Å². The van der Waals surface area contributed by atoms with E-state index in [-0.39, 0.29) is 11.2 Å². The summed E-state index contributed by atoms with van der Waals surface area (Å²) in [6.07, 6.45) is 0. The molecular formula is C22H28N2O3. The molecule has 0 bridgehead atoms. The van der Waals surface area contributed by atoms with Crippen molar-refractivity contribution in [2.75, 3.05) is 51.2 Å². The molecule has 0 heterocycles. The molecule has 0 radical (unpaired) electrons. The maximum Gasteiger partial charge on any atom is 0.193 e. The van der Waals surface area contributed by atoms with E-state index >= 15 is 0 Å². The van der Waals surface area contributed by atoms with Crippen LogP contribution in [0.25, 0.3) is 0 Å². The Bertz CT molecular complexity index is 765. The first-order valence-corrected chi connectivity index (χ1v) is 9.28. The third kappa shape index (κ3) is 3.84. The van der Waals surface area contributed by atoms with Gasteiger partial charge in [-0.25, -0.2) is 0 Å². The largest absolute Gasteiger partial charge is 0.383 e. The topological polar surface area (TPSA) is 59.6 Å². The van der Waals surface area contributed by atoms with Crippen molar-refractivity contribution in [1.82, 2.24) is 0 Å². The maximum absolute atomic E-state index is 13.1. The second-order valence-electron chi connectivity index (χ2n) is 7.31. The van der Waals surface area contributed by atoms with Gasteiger partial charge in [-0.1, -0.05) is 13.8 Å². The molecule has 5 nitrogen and oxygen atoms in total. The molecule has 0 saturated carbocycles. The van der Waals surface area contributed by atoms with Gasteiger partial charge >= 0.3 is 0 Å². The number of fused-ring (bicyclic) bond motifs is 2. The molecule has 0 unspecified atom stereocenters. The third-order valence-electron chi connectivity index (χ3n) is 5.15. The molecule has 0 atom stereocenters. The van der Waals surface area contributed by atoms with Crippen molar-refractivity contribution < 1.29 is 14.3 Å². The standard InChI is InChI=1S/C22H28N2O3/c1-22(2)19-13-15(23-9-11-26-3)5-7-17(19)21(25)18-8-6-16(14-20(18)22)24-10-12-27-4/h5-8,13-14,23-24H,9-12H2,1-4H3. The zero-order valence-electron chi connectivity index (χ0n) is 16.5. The van der Waals surface area contributed by atoms with Crippen LogP contribution in [0.4, 0.5) is 11.4 Å². The van der Waals surface area contributed by atoms with Crippen molar-refractivity contribution >= 4 is 17.2 Å². The molecule has 1 aliphatic rings. The average Bonchev–Trinajstić information content (AvgIpc) is 2.67. The van der Waals surface area contributed by atoms with Gasteiger partial charge in [0.1, 0.15) is 0 Å². The van der Waals surface area contributed by atoms with E-state index < -0.39 is 0 Å². The van der Waals surface area contributed by atoms with Crippen molar-refractivity contribution in [2.24, 2.45) is 0 Å². The van der Waals surface area contributed by atoms with Crippen LogP contribution in [0.2, 0.25) is 0 Å². The van der Waals surface area contributed by atoms with Crippen molar-refractivity contribution in [3.8, 4) is 0 Å². The lowest BCUT2D eigenvalue weighted by atomic mass is 9.68. The Morgan fingerprint density at radius 1 is 0.815 bits per heavy atom. The summed E-state index contributed by atoms with van der Waals surface area (Å²) in [5.41, 5.74) is 5.41. The average molecular weight is 368 g/mol. The van der Waals surface area contributed by atoms with Gasteiger partial charge < -0.3 is 20.1 Å². The van der Waals surface area contributed by atoms with E-state index in [1.54, 1.807) is 14.2 Å². The van der Waals surface area contributed by atoms with E-state index in [1.165, 1.54) is 0 Å². The van der Waals surface area contributed by atoms with Gasteiger partial charge in [-0.2, -0.15) is 0 Å². The van der Waals surface area contributed by atoms with Crippen LogP contribution in [0.3, 0.4) is 0 Å². The van der Waals surface area contributed by atoms with E-state index in [0.717, 1.165) is 46.7 Å². The Balaban J connectivity index is 1.95. The lowest BCUT2D eigenvalue weighted by Crippen LogP contribution is -2.30. The van der Waals surface area contributed by atoms with E-state index in [9.17, 15) is 4.79 Å². The van der Waals surface area contributed by atoms with E-state index in [2.05, 4.69) is 36.6 Å². The van der Waals surface area contributed by atoms with Gasteiger partial charge in [0.15, 0.2) is 5.78 Å². The predicted molar refractivity (Wildman–Crippen MR) is 109 cm³/mol. The lowest BCUT2D eigenvalue weighted by Gasteiger charge is -2.35. The number of hydrogen-bond donors (Lipinski definition) is 2. The Hall–Kier alpha value is -2.37. The minimum atomic E-state index is -0.267. The van der Waals surface area contributed by atoms with Crippen LogP contribution < -0.4 is 10.6 Å². The summed E-state index contributed by atoms with van der Waals surface area (Å²) in [6, 6.07) is 12.0. The van der Waals surface area contributed by atoms with Gasteiger partial charge in [0.25, 0.3) is 0 Å². The Labute approximate surface area is 161 Å².